The SMILES string of the molecule is CC(OC(=O)c1ccccc1CN1C(=O)CNC1=O)C(=O)c1c[nH]c2ccccc12. The lowest BCUT2D eigenvalue weighted by molar-refractivity contribution is -0.125. The quantitative estimate of drug-likeness (QED) is 0.372. The molecule has 0 bridgehead atoms. The molecule has 152 valence electrons. The molecule has 1 atom stereocenters. The maximum atomic E-state index is 12.8. The maximum absolute atomic E-state index is 12.8. The Hall–Kier alpha value is -3.94. The second-order valence-electron chi connectivity index (χ2n) is 6.96. The highest BCUT2D eigenvalue weighted by Gasteiger charge is 2.30. The summed E-state index contributed by atoms with van der Waals surface area (Å²) >= 11 is 0. The standard InChI is InChI=1S/C22H19N3O5/c1-13(20(27)17-10-23-18-9-5-4-8-16(17)18)30-21(28)15-7-3-2-6-14(15)12-25-19(26)11-24-22(25)29/h2-10,13,23H,11-12H2,1H3,(H,24,29). The molecule has 2 heterocycles. The number of H-pyrrole nitrogens is 1. The summed E-state index contributed by atoms with van der Waals surface area (Å²) in [6.07, 6.45) is 0.588. The molecule has 1 fully saturated rings. The summed E-state index contributed by atoms with van der Waals surface area (Å²) in [4.78, 5) is 53.3. The maximum Gasteiger partial charge on any atom is 0.339 e. The Morgan fingerprint density at radius 1 is 1.07 bits per heavy atom. The fourth-order valence-electron chi connectivity index (χ4n) is 3.41. The number of ether oxygens (including phenoxy) is 1. The summed E-state index contributed by atoms with van der Waals surface area (Å²) in [5, 5.41) is 3.19. The van der Waals surface area contributed by atoms with Gasteiger partial charge in [-0.25, -0.2) is 9.59 Å². The van der Waals surface area contributed by atoms with Crippen LogP contribution in [0.25, 0.3) is 10.9 Å². The second kappa shape index (κ2) is 7.82. The number of Topliss-reactive ketones (excluding diaryl/α,β-unsaturated/α-hetero) is 1. The van der Waals surface area contributed by atoms with E-state index in [2.05, 4.69) is 10.3 Å². The Bertz CT molecular complexity index is 1150. The average molecular weight is 405 g/mol. The van der Waals surface area contributed by atoms with E-state index >= 15 is 0 Å². The van der Waals surface area contributed by atoms with Crippen LogP contribution in [0.1, 0.15) is 33.2 Å². The first-order valence-corrected chi connectivity index (χ1v) is 9.43. The average Bonchev–Trinajstić information content (AvgIpc) is 3.32. The van der Waals surface area contributed by atoms with Crippen LogP contribution in [0.4, 0.5) is 4.79 Å². The van der Waals surface area contributed by atoms with E-state index in [1.807, 2.05) is 24.3 Å². The first-order chi connectivity index (χ1) is 14.5. The molecule has 8 nitrogen and oxygen atoms in total. The van der Waals surface area contributed by atoms with Crippen molar-refractivity contribution >= 4 is 34.6 Å². The Balaban J connectivity index is 1.52. The van der Waals surface area contributed by atoms with Crippen molar-refractivity contribution in [2.75, 3.05) is 6.54 Å². The smallest absolute Gasteiger partial charge is 0.339 e. The first-order valence-electron chi connectivity index (χ1n) is 9.43. The summed E-state index contributed by atoms with van der Waals surface area (Å²) in [5.41, 5.74) is 1.92. The zero-order valence-electron chi connectivity index (χ0n) is 16.2. The van der Waals surface area contributed by atoms with E-state index in [9.17, 15) is 19.2 Å². The van der Waals surface area contributed by atoms with Crippen LogP contribution in [-0.2, 0) is 16.1 Å². The Morgan fingerprint density at radius 2 is 1.80 bits per heavy atom. The lowest BCUT2D eigenvalue weighted by Gasteiger charge is -2.17. The largest absolute Gasteiger partial charge is 0.451 e. The molecule has 2 N–H and O–H groups in total. The van der Waals surface area contributed by atoms with Crippen molar-refractivity contribution in [2.45, 2.75) is 19.6 Å². The van der Waals surface area contributed by atoms with Crippen molar-refractivity contribution in [3.8, 4) is 0 Å². The number of benzene rings is 2. The summed E-state index contributed by atoms with van der Waals surface area (Å²) in [6.45, 7) is 1.39. The number of rotatable bonds is 6. The van der Waals surface area contributed by atoms with E-state index in [0.29, 0.717) is 11.1 Å². The molecule has 1 aliphatic heterocycles. The van der Waals surface area contributed by atoms with Gasteiger partial charge in [0.15, 0.2) is 6.10 Å². The van der Waals surface area contributed by atoms with Gasteiger partial charge in [-0.1, -0.05) is 36.4 Å². The minimum atomic E-state index is -1.01. The van der Waals surface area contributed by atoms with Crippen LogP contribution in [-0.4, -0.2) is 46.2 Å². The van der Waals surface area contributed by atoms with Gasteiger partial charge in [0.05, 0.1) is 18.7 Å². The molecule has 30 heavy (non-hydrogen) atoms. The van der Waals surface area contributed by atoms with Gasteiger partial charge in [-0.2, -0.15) is 0 Å². The summed E-state index contributed by atoms with van der Waals surface area (Å²) in [7, 11) is 0. The van der Waals surface area contributed by atoms with Crippen LogP contribution in [0.2, 0.25) is 0 Å². The van der Waals surface area contributed by atoms with Gasteiger partial charge in [-0.3, -0.25) is 14.5 Å². The number of aromatic nitrogens is 1. The molecular weight excluding hydrogens is 386 g/mol. The molecule has 0 radical (unpaired) electrons. The number of fused-ring (bicyclic) bond motifs is 1. The number of carbonyl (C=O) groups is 4. The summed E-state index contributed by atoms with van der Waals surface area (Å²) in [5.74, 6) is -1.39. The third kappa shape index (κ3) is 3.55. The van der Waals surface area contributed by atoms with E-state index in [-0.39, 0.29) is 30.3 Å². The van der Waals surface area contributed by atoms with Gasteiger partial charge in [-0.05, 0) is 24.6 Å². The van der Waals surface area contributed by atoms with E-state index < -0.39 is 18.1 Å². The molecule has 1 saturated heterocycles. The van der Waals surface area contributed by atoms with Gasteiger partial charge >= 0.3 is 12.0 Å². The lowest BCUT2D eigenvalue weighted by atomic mass is 10.1. The summed E-state index contributed by atoms with van der Waals surface area (Å²) < 4.78 is 5.42. The predicted octanol–water partition coefficient (Wildman–Crippen LogP) is 2.65. The number of carbonyl (C=O) groups excluding carboxylic acids is 4. The van der Waals surface area contributed by atoms with Crippen LogP contribution < -0.4 is 5.32 Å². The van der Waals surface area contributed by atoms with Gasteiger partial charge in [0.2, 0.25) is 11.7 Å². The zero-order chi connectivity index (χ0) is 21.3. The van der Waals surface area contributed by atoms with Crippen molar-refractivity contribution in [3.05, 3.63) is 71.4 Å². The van der Waals surface area contributed by atoms with Gasteiger partial charge in [-0.15, -0.1) is 0 Å². The number of urea groups is 1. The van der Waals surface area contributed by atoms with Crippen LogP contribution in [0.3, 0.4) is 0 Å². The fraction of sp³-hybridized carbons (Fsp3) is 0.182. The molecule has 1 aliphatic rings. The molecule has 2 aromatic carbocycles. The van der Waals surface area contributed by atoms with Crippen LogP contribution in [0, 0.1) is 0 Å². The predicted molar refractivity (Wildman–Crippen MR) is 108 cm³/mol. The molecular formula is C22H19N3O5. The minimum absolute atomic E-state index is 0.0548. The molecule has 0 spiro atoms. The van der Waals surface area contributed by atoms with Gasteiger partial charge < -0.3 is 15.0 Å². The number of nitrogens with one attached hydrogen (secondary N) is 2. The molecule has 3 aromatic rings. The van der Waals surface area contributed by atoms with Crippen molar-refractivity contribution < 1.29 is 23.9 Å². The third-order valence-electron chi connectivity index (χ3n) is 5.01. The molecule has 1 aromatic heterocycles. The zero-order valence-corrected chi connectivity index (χ0v) is 16.2. The fourth-order valence-corrected chi connectivity index (χ4v) is 3.41. The Morgan fingerprint density at radius 3 is 2.57 bits per heavy atom. The number of aromatic amines is 1. The Labute approximate surface area is 171 Å². The topological polar surface area (TPSA) is 109 Å². The number of hydrogen-bond acceptors (Lipinski definition) is 5. The molecule has 0 saturated carbocycles. The van der Waals surface area contributed by atoms with E-state index in [0.717, 1.165) is 15.8 Å². The van der Waals surface area contributed by atoms with Crippen molar-refractivity contribution in [1.29, 1.82) is 0 Å². The number of imide groups is 1. The monoisotopic (exact) mass is 405 g/mol. The van der Waals surface area contributed by atoms with Crippen LogP contribution in [0.15, 0.2) is 54.7 Å². The highest BCUT2D eigenvalue weighted by atomic mass is 16.5. The number of para-hydroxylation sites is 1. The summed E-state index contributed by atoms with van der Waals surface area (Å²) in [6, 6.07) is 13.4. The molecule has 1 unspecified atom stereocenters. The minimum Gasteiger partial charge on any atom is -0.451 e. The number of ketones is 1. The van der Waals surface area contributed by atoms with Gasteiger partial charge in [0, 0.05) is 22.7 Å². The molecule has 0 aliphatic carbocycles. The lowest BCUT2D eigenvalue weighted by Crippen LogP contribution is -2.31. The van der Waals surface area contributed by atoms with E-state index in [4.69, 9.17) is 4.74 Å². The highest BCUT2D eigenvalue weighted by molar-refractivity contribution is 6.10. The third-order valence-corrected chi connectivity index (χ3v) is 5.01. The van der Waals surface area contributed by atoms with Crippen LogP contribution >= 0.6 is 0 Å². The van der Waals surface area contributed by atoms with Crippen molar-refractivity contribution in [1.82, 2.24) is 15.2 Å². The number of nitrogens with zero attached hydrogens (tertiary/aromatic N) is 1. The van der Waals surface area contributed by atoms with E-state index in [1.54, 1.807) is 30.5 Å². The highest BCUT2D eigenvalue weighted by Crippen LogP contribution is 2.21. The van der Waals surface area contributed by atoms with Crippen LogP contribution in [0.5, 0.6) is 0 Å². The normalized spacial score (nSPS) is 14.6. The Kier molecular flexibility index (Phi) is 5.05. The second-order valence-corrected chi connectivity index (χ2v) is 6.96. The molecule has 3 amide bonds. The van der Waals surface area contributed by atoms with Gasteiger partial charge in [0.1, 0.15) is 0 Å². The number of amides is 3. The van der Waals surface area contributed by atoms with Crippen molar-refractivity contribution in [2.24, 2.45) is 0 Å². The number of hydrogen-bond donors (Lipinski definition) is 2. The molecule has 8 heteroatoms. The first kappa shape index (κ1) is 19.4. The van der Waals surface area contributed by atoms with Gasteiger partial charge in [0.25, 0.3) is 0 Å². The molecule has 4 rings (SSSR count). The number of esters is 1. The van der Waals surface area contributed by atoms with E-state index in [1.165, 1.54) is 6.92 Å². The van der Waals surface area contributed by atoms with Crippen molar-refractivity contribution in [3.63, 3.8) is 0 Å².